The molecule has 2 aromatic rings. The van der Waals surface area contributed by atoms with E-state index in [0.717, 1.165) is 25.7 Å². The van der Waals surface area contributed by atoms with Crippen molar-refractivity contribution in [2.75, 3.05) is 0 Å². The predicted molar refractivity (Wildman–Crippen MR) is 99.6 cm³/mol. The molecule has 0 N–H and O–H groups in total. The van der Waals surface area contributed by atoms with Crippen molar-refractivity contribution in [3.63, 3.8) is 0 Å². The predicted octanol–water partition coefficient (Wildman–Crippen LogP) is 6.35. The molecule has 0 radical (unpaired) electrons. The molecule has 0 atom stereocenters. The minimum absolute atomic E-state index is 0.158. The van der Waals surface area contributed by atoms with Gasteiger partial charge in [-0.1, -0.05) is 65.3 Å². The lowest BCUT2D eigenvalue weighted by Crippen LogP contribution is -1.98. The van der Waals surface area contributed by atoms with Crippen LogP contribution in [0.5, 0.6) is 0 Å². The fourth-order valence-electron chi connectivity index (χ4n) is 3.29. The second-order valence-electron chi connectivity index (χ2n) is 6.78. The summed E-state index contributed by atoms with van der Waals surface area (Å²) in [6.07, 6.45) is 11.3. The van der Waals surface area contributed by atoms with Gasteiger partial charge < -0.3 is 0 Å². The van der Waals surface area contributed by atoms with Crippen molar-refractivity contribution >= 4 is 0 Å². The van der Waals surface area contributed by atoms with Crippen LogP contribution in [0.25, 0.3) is 0 Å². The fourth-order valence-corrected chi connectivity index (χ4v) is 3.29. The molecule has 24 heavy (non-hydrogen) atoms. The van der Waals surface area contributed by atoms with E-state index in [1.165, 1.54) is 35.1 Å². The van der Waals surface area contributed by atoms with Crippen molar-refractivity contribution in [3.8, 4) is 0 Å². The van der Waals surface area contributed by atoms with Crippen LogP contribution in [0.4, 0.5) is 4.39 Å². The molecule has 0 aromatic heterocycles. The third kappa shape index (κ3) is 4.92. The molecule has 1 heteroatoms. The van der Waals surface area contributed by atoms with Gasteiger partial charge in [0.2, 0.25) is 0 Å². The zero-order chi connectivity index (χ0) is 16.8. The van der Waals surface area contributed by atoms with E-state index in [1.54, 1.807) is 17.7 Å². The molecule has 3 rings (SSSR count). The summed E-state index contributed by atoms with van der Waals surface area (Å²) < 4.78 is 13.0. The summed E-state index contributed by atoms with van der Waals surface area (Å²) in [6.45, 7) is 2.13. The fraction of sp³-hybridized carbons (Fsp3) is 0.304. The molecule has 0 spiro atoms. The van der Waals surface area contributed by atoms with Crippen molar-refractivity contribution in [2.24, 2.45) is 0 Å². The van der Waals surface area contributed by atoms with E-state index in [1.807, 2.05) is 12.1 Å². The summed E-state index contributed by atoms with van der Waals surface area (Å²) in [5, 5.41) is 0. The monoisotopic (exact) mass is 320 g/mol. The molecule has 0 heterocycles. The molecule has 124 valence electrons. The van der Waals surface area contributed by atoms with E-state index in [9.17, 15) is 4.39 Å². The lowest BCUT2D eigenvalue weighted by atomic mass is 9.92. The SMILES string of the molecule is Cc1ccc(C/C2=C/C/C=C(/Cc3ccc(F)cc3)CCC2)cc1. The average Bonchev–Trinajstić information content (AvgIpc) is 2.56. The number of allylic oxidation sites excluding steroid dienone is 4. The van der Waals surface area contributed by atoms with E-state index >= 15 is 0 Å². The highest BCUT2D eigenvalue weighted by molar-refractivity contribution is 5.28. The number of halogens is 1. The Morgan fingerprint density at radius 2 is 1.25 bits per heavy atom. The summed E-state index contributed by atoms with van der Waals surface area (Å²) in [7, 11) is 0. The molecule has 0 saturated heterocycles. The Hall–Kier alpha value is -2.15. The minimum atomic E-state index is -0.158. The second-order valence-corrected chi connectivity index (χ2v) is 6.78. The first-order valence-corrected chi connectivity index (χ1v) is 8.85. The molecule has 0 saturated carbocycles. The van der Waals surface area contributed by atoms with Gasteiger partial charge >= 0.3 is 0 Å². The lowest BCUT2D eigenvalue weighted by Gasteiger charge is -2.14. The van der Waals surface area contributed by atoms with Gasteiger partial charge in [-0.2, -0.15) is 0 Å². The van der Waals surface area contributed by atoms with Gasteiger partial charge in [-0.3, -0.25) is 0 Å². The molecule has 0 nitrogen and oxygen atoms in total. The van der Waals surface area contributed by atoms with Crippen LogP contribution >= 0.6 is 0 Å². The van der Waals surface area contributed by atoms with Crippen molar-refractivity contribution < 1.29 is 4.39 Å². The van der Waals surface area contributed by atoms with Crippen LogP contribution in [0.15, 0.2) is 71.8 Å². The molecular weight excluding hydrogens is 295 g/mol. The second kappa shape index (κ2) is 8.10. The van der Waals surface area contributed by atoms with Gasteiger partial charge in [0.05, 0.1) is 0 Å². The molecule has 0 amide bonds. The quantitative estimate of drug-likeness (QED) is 0.576. The maximum atomic E-state index is 13.0. The first-order chi connectivity index (χ1) is 11.7. The normalized spacial score (nSPS) is 19.6. The zero-order valence-electron chi connectivity index (χ0n) is 14.4. The number of benzene rings is 2. The first kappa shape index (κ1) is 16.7. The Balaban J connectivity index is 1.61. The number of hydrogen-bond donors (Lipinski definition) is 0. The highest BCUT2D eigenvalue weighted by atomic mass is 19.1. The van der Waals surface area contributed by atoms with Gasteiger partial charge in [-0.25, -0.2) is 4.39 Å². The molecule has 0 unspecified atom stereocenters. The van der Waals surface area contributed by atoms with Crippen LogP contribution in [0.2, 0.25) is 0 Å². The highest BCUT2D eigenvalue weighted by Crippen LogP contribution is 2.23. The number of hydrogen-bond acceptors (Lipinski definition) is 0. The molecule has 1 aliphatic rings. The number of rotatable bonds is 4. The highest BCUT2D eigenvalue weighted by Gasteiger charge is 2.06. The molecular formula is C23H25F. The standard InChI is InChI=1S/C23H25F/c1-18-8-10-21(11-9-18)16-19-4-2-6-20(7-3-5-19)17-22-12-14-23(24)15-13-22/h4,6,8-15H,2-3,5,7,16-17H2,1H3/b19-4+,20-6+. The summed E-state index contributed by atoms with van der Waals surface area (Å²) in [6, 6.07) is 15.8. The Morgan fingerprint density at radius 1 is 0.750 bits per heavy atom. The van der Waals surface area contributed by atoms with Crippen molar-refractivity contribution in [2.45, 2.75) is 45.4 Å². The van der Waals surface area contributed by atoms with Gasteiger partial charge in [-0.05, 0) is 68.7 Å². The van der Waals surface area contributed by atoms with Gasteiger partial charge in [-0.15, -0.1) is 0 Å². The zero-order valence-corrected chi connectivity index (χ0v) is 14.4. The van der Waals surface area contributed by atoms with Crippen LogP contribution < -0.4 is 0 Å². The van der Waals surface area contributed by atoms with Crippen LogP contribution in [0, 0.1) is 12.7 Å². The van der Waals surface area contributed by atoms with Crippen LogP contribution in [0.3, 0.4) is 0 Å². The Morgan fingerprint density at radius 3 is 1.79 bits per heavy atom. The van der Waals surface area contributed by atoms with E-state index in [0.29, 0.717) is 0 Å². The summed E-state index contributed by atoms with van der Waals surface area (Å²) >= 11 is 0. The molecule has 1 aliphatic carbocycles. The van der Waals surface area contributed by atoms with Gasteiger partial charge in [0.1, 0.15) is 5.82 Å². The molecule has 2 aromatic carbocycles. The molecule has 0 aliphatic heterocycles. The Kier molecular flexibility index (Phi) is 5.63. The smallest absolute Gasteiger partial charge is 0.123 e. The van der Waals surface area contributed by atoms with Gasteiger partial charge in [0.15, 0.2) is 0 Å². The van der Waals surface area contributed by atoms with Crippen molar-refractivity contribution in [3.05, 3.63) is 94.3 Å². The molecule has 0 bridgehead atoms. The van der Waals surface area contributed by atoms with Crippen LogP contribution in [-0.2, 0) is 12.8 Å². The third-order valence-corrected chi connectivity index (χ3v) is 4.71. The third-order valence-electron chi connectivity index (χ3n) is 4.71. The van der Waals surface area contributed by atoms with Gasteiger partial charge in [0, 0.05) is 0 Å². The van der Waals surface area contributed by atoms with Gasteiger partial charge in [0.25, 0.3) is 0 Å². The van der Waals surface area contributed by atoms with E-state index in [2.05, 4.69) is 43.3 Å². The topological polar surface area (TPSA) is 0 Å². The van der Waals surface area contributed by atoms with E-state index < -0.39 is 0 Å². The van der Waals surface area contributed by atoms with Crippen molar-refractivity contribution in [1.82, 2.24) is 0 Å². The maximum Gasteiger partial charge on any atom is 0.123 e. The van der Waals surface area contributed by atoms with E-state index in [-0.39, 0.29) is 5.82 Å². The van der Waals surface area contributed by atoms with Crippen LogP contribution in [-0.4, -0.2) is 0 Å². The summed E-state index contributed by atoms with van der Waals surface area (Å²) in [4.78, 5) is 0. The van der Waals surface area contributed by atoms with E-state index in [4.69, 9.17) is 0 Å². The largest absolute Gasteiger partial charge is 0.207 e. The maximum absolute atomic E-state index is 13.0. The lowest BCUT2D eigenvalue weighted by molar-refractivity contribution is 0.627. The summed E-state index contributed by atoms with van der Waals surface area (Å²) in [5.41, 5.74) is 6.96. The Bertz CT molecular complexity index is 654. The average molecular weight is 320 g/mol. The summed E-state index contributed by atoms with van der Waals surface area (Å²) in [5.74, 6) is -0.158. The van der Waals surface area contributed by atoms with Crippen molar-refractivity contribution in [1.29, 1.82) is 0 Å². The number of aryl methyl sites for hydroxylation is 1. The molecule has 0 fully saturated rings. The first-order valence-electron chi connectivity index (χ1n) is 8.85. The minimum Gasteiger partial charge on any atom is -0.207 e. The Labute approximate surface area is 144 Å². The van der Waals surface area contributed by atoms with Crippen LogP contribution in [0.1, 0.15) is 42.4 Å².